The molecule has 0 unspecified atom stereocenters. The number of methoxy groups -OCH3 is 1. The molecular formula is C13H15N5OS. The van der Waals surface area contributed by atoms with E-state index in [0.717, 1.165) is 41.4 Å². The number of fused-ring (bicyclic) bond motifs is 1. The summed E-state index contributed by atoms with van der Waals surface area (Å²) in [4.78, 5) is 9.47. The van der Waals surface area contributed by atoms with Crippen LogP contribution in [-0.4, -0.2) is 33.5 Å². The van der Waals surface area contributed by atoms with Crippen LogP contribution < -0.4 is 5.32 Å². The van der Waals surface area contributed by atoms with Crippen LogP contribution in [0, 0.1) is 0 Å². The smallest absolute Gasteiger partial charge is 0.153 e. The van der Waals surface area contributed by atoms with Gasteiger partial charge in [-0.05, 0) is 17.9 Å². The van der Waals surface area contributed by atoms with E-state index in [1.165, 1.54) is 0 Å². The monoisotopic (exact) mass is 289 g/mol. The van der Waals surface area contributed by atoms with E-state index in [2.05, 4.69) is 20.4 Å². The lowest BCUT2D eigenvalue weighted by Crippen LogP contribution is -2.03. The molecule has 3 rings (SSSR count). The molecule has 0 amide bonds. The van der Waals surface area contributed by atoms with Crippen molar-refractivity contribution in [1.29, 1.82) is 0 Å². The second-order valence-corrected chi connectivity index (χ2v) is 5.19. The number of hydrogen-bond donors (Lipinski definition) is 1. The van der Waals surface area contributed by atoms with Crippen molar-refractivity contribution in [3.63, 3.8) is 0 Å². The molecule has 0 bridgehead atoms. The average Bonchev–Trinajstić information content (AvgIpc) is 3.09. The van der Waals surface area contributed by atoms with Crippen LogP contribution in [0.4, 0.5) is 11.6 Å². The van der Waals surface area contributed by atoms with Gasteiger partial charge in [-0.2, -0.15) is 5.10 Å². The molecule has 0 aromatic carbocycles. The summed E-state index contributed by atoms with van der Waals surface area (Å²) in [6.45, 7) is 1.58. The minimum absolute atomic E-state index is 0.740. The van der Waals surface area contributed by atoms with E-state index in [9.17, 15) is 0 Å². The van der Waals surface area contributed by atoms with Crippen LogP contribution in [0.2, 0.25) is 0 Å². The van der Waals surface area contributed by atoms with Crippen LogP contribution in [0.3, 0.4) is 0 Å². The topological polar surface area (TPSA) is 64.9 Å². The molecule has 3 heterocycles. The van der Waals surface area contributed by atoms with Gasteiger partial charge in [0.2, 0.25) is 0 Å². The molecule has 3 aromatic rings. The predicted molar refractivity (Wildman–Crippen MR) is 79.4 cm³/mol. The highest BCUT2D eigenvalue weighted by Gasteiger charge is 2.06. The normalized spacial score (nSPS) is 11.1. The maximum absolute atomic E-state index is 5.03. The summed E-state index contributed by atoms with van der Waals surface area (Å²) in [5.74, 6) is 1.58. The second-order valence-electron chi connectivity index (χ2n) is 4.30. The van der Waals surface area contributed by atoms with Gasteiger partial charge in [-0.1, -0.05) is 0 Å². The Kier molecular flexibility index (Phi) is 3.89. The Balaban J connectivity index is 1.73. The summed E-state index contributed by atoms with van der Waals surface area (Å²) in [6.07, 6.45) is 4.46. The third kappa shape index (κ3) is 2.78. The van der Waals surface area contributed by atoms with E-state index in [0.29, 0.717) is 0 Å². The highest BCUT2D eigenvalue weighted by Crippen LogP contribution is 2.25. The fraction of sp³-hybridized carbons (Fsp3) is 0.308. The summed E-state index contributed by atoms with van der Waals surface area (Å²) < 4.78 is 6.93. The third-order valence-electron chi connectivity index (χ3n) is 2.88. The van der Waals surface area contributed by atoms with Gasteiger partial charge in [-0.25, -0.2) is 9.97 Å². The molecule has 0 radical (unpaired) electrons. The largest absolute Gasteiger partial charge is 0.385 e. The van der Waals surface area contributed by atoms with Gasteiger partial charge in [-0.15, -0.1) is 11.3 Å². The maximum atomic E-state index is 5.03. The number of rotatable bonds is 6. The van der Waals surface area contributed by atoms with E-state index in [4.69, 9.17) is 4.74 Å². The zero-order chi connectivity index (χ0) is 13.8. The first kappa shape index (κ1) is 13.0. The van der Waals surface area contributed by atoms with Gasteiger partial charge >= 0.3 is 0 Å². The molecule has 20 heavy (non-hydrogen) atoms. The summed E-state index contributed by atoms with van der Waals surface area (Å²) >= 11 is 1.60. The summed E-state index contributed by atoms with van der Waals surface area (Å²) in [5.41, 5.74) is 0. The van der Waals surface area contributed by atoms with Crippen molar-refractivity contribution in [3.8, 4) is 0 Å². The van der Waals surface area contributed by atoms with Crippen molar-refractivity contribution in [3.05, 3.63) is 30.0 Å². The fourth-order valence-corrected chi connectivity index (χ4v) is 2.67. The minimum Gasteiger partial charge on any atom is -0.385 e. The number of ether oxygens (including phenoxy) is 1. The number of aryl methyl sites for hydroxylation is 1. The van der Waals surface area contributed by atoms with Crippen LogP contribution >= 0.6 is 11.3 Å². The van der Waals surface area contributed by atoms with Crippen molar-refractivity contribution in [2.45, 2.75) is 13.0 Å². The van der Waals surface area contributed by atoms with Gasteiger partial charge in [0.1, 0.15) is 17.0 Å². The van der Waals surface area contributed by atoms with E-state index in [1.54, 1.807) is 24.8 Å². The van der Waals surface area contributed by atoms with E-state index >= 15 is 0 Å². The number of anilines is 2. The molecule has 104 valence electrons. The van der Waals surface area contributed by atoms with Gasteiger partial charge in [0.25, 0.3) is 0 Å². The molecule has 0 atom stereocenters. The average molecular weight is 289 g/mol. The molecular weight excluding hydrogens is 274 g/mol. The maximum Gasteiger partial charge on any atom is 0.153 e. The van der Waals surface area contributed by atoms with Crippen LogP contribution in [0.5, 0.6) is 0 Å². The molecule has 0 saturated heterocycles. The van der Waals surface area contributed by atoms with Gasteiger partial charge < -0.3 is 10.1 Å². The number of aromatic nitrogens is 4. The number of nitrogens with one attached hydrogen (secondary N) is 1. The minimum atomic E-state index is 0.740. The van der Waals surface area contributed by atoms with Crippen LogP contribution in [0.25, 0.3) is 10.2 Å². The van der Waals surface area contributed by atoms with E-state index in [1.807, 2.05) is 28.4 Å². The van der Waals surface area contributed by atoms with Crippen LogP contribution in [-0.2, 0) is 11.3 Å². The SMILES string of the molecule is COCCCn1ccc(Nc2ncnc3sccc23)n1. The van der Waals surface area contributed by atoms with Gasteiger partial charge in [-0.3, -0.25) is 4.68 Å². The highest BCUT2D eigenvalue weighted by molar-refractivity contribution is 7.16. The van der Waals surface area contributed by atoms with Crippen molar-refractivity contribution < 1.29 is 4.74 Å². The highest BCUT2D eigenvalue weighted by atomic mass is 32.1. The van der Waals surface area contributed by atoms with Crippen LogP contribution in [0.15, 0.2) is 30.0 Å². The Hall–Kier alpha value is -1.99. The number of hydrogen-bond acceptors (Lipinski definition) is 6. The van der Waals surface area contributed by atoms with Crippen molar-refractivity contribution in [1.82, 2.24) is 19.7 Å². The Morgan fingerprint density at radius 2 is 2.30 bits per heavy atom. The second kappa shape index (κ2) is 5.98. The zero-order valence-corrected chi connectivity index (χ0v) is 11.9. The molecule has 0 fully saturated rings. The van der Waals surface area contributed by atoms with Crippen molar-refractivity contribution >= 4 is 33.2 Å². The van der Waals surface area contributed by atoms with E-state index in [-0.39, 0.29) is 0 Å². The molecule has 6 nitrogen and oxygen atoms in total. The molecule has 0 aliphatic heterocycles. The first-order valence-electron chi connectivity index (χ1n) is 6.34. The van der Waals surface area contributed by atoms with Crippen molar-refractivity contribution in [2.75, 3.05) is 19.0 Å². The molecule has 3 aromatic heterocycles. The fourth-order valence-electron chi connectivity index (χ4n) is 1.93. The van der Waals surface area contributed by atoms with Gasteiger partial charge in [0.15, 0.2) is 5.82 Å². The first-order valence-corrected chi connectivity index (χ1v) is 7.22. The molecule has 1 N–H and O–H groups in total. The summed E-state index contributed by atoms with van der Waals surface area (Å²) in [7, 11) is 1.71. The van der Waals surface area contributed by atoms with E-state index < -0.39 is 0 Å². The molecule has 0 saturated carbocycles. The molecule has 0 aliphatic rings. The third-order valence-corrected chi connectivity index (χ3v) is 3.71. The predicted octanol–water partition coefficient (Wildman–Crippen LogP) is 2.67. The quantitative estimate of drug-likeness (QED) is 0.707. The molecule has 0 aliphatic carbocycles. The Morgan fingerprint density at radius 3 is 3.20 bits per heavy atom. The van der Waals surface area contributed by atoms with Gasteiger partial charge in [0.05, 0.1) is 5.39 Å². The number of nitrogens with zero attached hydrogens (tertiary/aromatic N) is 4. The number of thiophene rings is 1. The molecule has 0 spiro atoms. The summed E-state index contributed by atoms with van der Waals surface area (Å²) in [5, 5.41) is 10.7. The Morgan fingerprint density at radius 1 is 1.35 bits per heavy atom. The zero-order valence-electron chi connectivity index (χ0n) is 11.1. The standard InChI is InChI=1S/C13H15N5OS/c1-19-7-2-5-18-6-3-11(17-18)16-12-10-4-8-20-13(10)15-9-14-12/h3-4,6,8-9H,2,5,7H2,1H3,(H,14,15,16,17). The van der Waals surface area contributed by atoms with Crippen molar-refractivity contribution in [2.24, 2.45) is 0 Å². The summed E-state index contributed by atoms with van der Waals surface area (Å²) in [6, 6.07) is 3.95. The van der Waals surface area contributed by atoms with Gasteiger partial charge in [0, 0.05) is 32.5 Å². The lowest BCUT2D eigenvalue weighted by molar-refractivity contribution is 0.189. The molecule has 7 heteroatoms. The lowest BCUT2D eigenvalue weighted by atomic mass is 10.4. The Bertz CT molecular complexity index is 693. The Labute approximate surface area is 120 Å². The van der Waals surface area contributed by atoms with Crippen LogP contribution in [0.1, 0.15) is 6.42 Å². The lowest BCUT2D eigenvalue weighted by Gasteiger charge is -2.03. The first-order chi connectivity index (χ1) is 9.86.